The van der Waals surface area contributed by atoms with Crippen molar-refractivity contribution in [3.8, 4) is 5.75 Å². The summed E-state index contributed by atoms with van der Waals surface area (Å²) in [6, 6.07) is 10.0. The van der Waals surface area contributed by atoms with Crippen LogP contribution >= 0.6 is 0 Å². The number of pyridine rings is 1. The SMILES string of the molecule is CN(CC1CCCCO1)C(=O)Oc1ccc2c(c1)C(C)(CCc1ccncc1)CN2. The van der Waals surface area contributed by atoms with Crippen molar-refractivity contribution >= 4 is 11.8 Å². The van der Waals surface area contributed by atoms with E-state index in [2.05, 4.69) is 29.4 Å². The maximum Gasteiger partial charge on any atom is 0.415 e. The van der Waals surface area contributed by atoms with Gasteiger partial charge in [-0.3, -0.25) is 4.98 Å². The Balaban J connectivity index is 1.40. The number of amides is 1. The van der Waals surface area contributed by atoms with Crippen molar-refractivity contribution in [1.82, 2.24) is 9.88 Å². The van der Waals surface area contributed by atoms with E-state index < -0.39 is 0 Å². The molecule has 3 heterocycles. The summed E-state index contributed by atoms with van der Waals surface area (Å²) < 4.78 is 11.4. The van der Waals surface area contributed by atoms with E-state index in [1.54, 1.807) is 11.9 Å². The Kier molecular flexibility index (Phi) is 6.23. The Morgan fingerprint density at radius 2 is 2.13 bits per heavy atom. The smallest absolute Gasteiger partial charge is 0.410 e. The molecule has 0 aliphatic carbocycles. The van der Waals surface area contributed by atoms with E-state index in [0.717, 1.165) is 50.9 Å². The second kappa shape index (κ2) is 9.04. The van der Waals surface area contributed by atoms with Crippen LogP contribution < -0.4 is 10.1 Å². The minimum Gasteiger partial charge on any atom is -0.410 e. The predicted octanol–water partition coefficient (Wildman–Crippen LogP) is 4.40. The molecule has 1 aromatic carbocycles. The molecule has 2 aliphatic rings. The summed E-state index contributed by atoms with van der Waals surface area (Å²) in [7, 11) is 1.77. The highest BCUT2D eigenvalue weighted by Gasteiger charge is 2.34. The molecule has 1 fully saturated rings. The fraction of sp³-hybridized carbons (Fsp3) is 0.500. The van der Waals surface area contributed by atoms with Crippen LogP contribution in [-0.4, -0.2) is 48.8 Å². The number of hydrogen-bond donors (Lipinski definition) is 1. The van der Waals surface area contributed by atoms with Crippen LogP contribution in [0.4, 0.5) is 10.5 Å². The Bertz CT molecular complexity index is 867. The molecule has 0 saturated carbocycles. The van der Waals surface area contributed by atoms with Gasteiger partial charge in [-0.05, 0) is 73.6 Å². The van der Waals surface area contributed by atoms with Crippen LogP contribution in [0.3, 0.4) is 0 Å². The first-order chi connectivity index (χ1) is 14.5. The number of fused-ring (bicyclic) bond motifs is 1. The van der Waals surface area contributed by atoms with E-state index in [0.29, 0.717) is 12.3 Å². The molecule has 2 aliphatic heterocycles. The van der Waals surface area contributed by atoms with E-state index in [1.165, 1.54) is 11.1 Å². The normalized spacial score (nSPS) is 22.8. The molecule has 1 aromatic heterocycles. The van der Waals surface area contributed by atoms with Crippen LogP contribution in [0.15, 0.2) is 42.7 Å². The van der Waals surface area contributed by atoms with Gasteiger partial charge in [-0.15, -0.1) is 0 Å². The molecule has 2 atom stereocenters. The largest absolute Gasteiger partial charge is 0.415 e. The summed E-state index contributed by atoms with van der Waals surface area (Å²) in [5, 5.41) is 3.50. The first kappa shape index (κ1) is 20.7. The molecule has 6 heteroatoms. The average Bonchev–Trinajstić information content (AvgIpc) is 3.10. The maximum absolute atomic E-state index is 12.6. The molecule has 1 N–H and O–H groups in total. The molecular weight excluding hydrogens is 378 g/mol. The molecule has 0 radical (unpaired) electrons. The standard InChI is InChI=1S/C24H31N3O3/c1-24(11-8-18-9-12-25-13-10-18)17-26-22-7-6-19(15-21(22)24)30-23(28)27(2)16-20-5-3-4-14-29-20/h6-7,9-10,12-13,15,20,26H,3-5,8,11,14,16-17H2,1-2H3. The predicted molar refractivity (Wildman–Crippen MR) is 117 cm³/mol. The Morgan fingerprint density at radius 3 is 2.90 bits per heavy atom. The first-order valence-electron chi connectivity index (χ1n) is 10.9. The van der Waals surface area contributed by atoms with Crippen LogP contribution in [0.1, 0.15) is 43.7 Å². The lowest BCUT2D eigenvalue weighted by Gasteiger charge is -2.27. The average molecular weight is 410 g/mol. The van der Waals surface area contributed by atoms with Crippen molar-refractivity contribution in [3.63, 3.8) is 0 Å². The van der Waals surface area contributed by atoms with Crippen molar-refractivity contribution in [1.29, 1.82) is 0 Å². The Morgan fingerprint density at radius 1 is 1.30 bits per heavy atom. The molecule has 30 heavy (non-hydrogen) atoms. The minimum atomic E-state index is -0.339. The second-order valence-corrected chi connectivity index (χ2v) is 8.71. The molecule has 160 valence electrons. The summed E-state index contributed by atoms with van der Waals surface area (Å²) in [6.45, 7) is 4.49. The lowest BCUT2D eigenvalue weighted by atomic mass is 9.79. The Hall–Kier alpha value is -2.60. The number of ether oxygens (including phenoxy) is 2. The van der Waals surface area contributed by atoms with Crippen molar-refractivity contribution in [3.05, 3.63) is 53.9 Å². The lowest BCUT2D eigenvalue weighted by molar-refractivity contribution is 0.00110. The van der Waals surface area contributed by atoms with Gasteiger partial charge in [-0.25, -0.2) is 4.79 Å². The van der Waals surface area contributed by atoms with E-state index in [-0.39, 0.29) is 17.6 Å². The number of nitrogens with one attached hydrogen (secondary N) is 1. The van der Waals surface area contributed by atoms with Gasteiger partial charge in [0.25, 0.3) is 0 Å². The van der Waals surface area contributed by atoms with Gasteiger partial charge in [0.05, 0.1) is 6.10 Å². The monoisotopic (exact) mass is 409 g/mol. The fourth-order valence-electron chi connectivity index (χ4n) is 4.33. The molecule has 1 saturated heterocycles. The number of aromatic nitrogens is 1. The van der Waals surface area contributed by atoms with Crippen LogP contribution in [0.25, 0.3) is 0 Å². The molecular formula is C24H31N3O3. The highest BCUT2D eigenvalue weighted by molar-refractivity contribution is 5.71. The highest BCUT2D eigenvalue weighted by atomic mass is 16.6. The zero-order valence-corrected chi connectivity index (χ0v) is 17.9. The van der Waals surface area contributed by atoms with E-state index in [1.807, 2.05) is 30.6 Å². The summed E-state index contributed by atoms with van der Waals surface area (Å²) >= 11 is 0. The van der Waals surface area contributed by atoms with E-state index >= 15 is 0 Å². The third-order valence-corrected chi connectivity index (χ3v) is 6.29. The van der Waals surface area contributed by atoms with Gasteiger partial charge in [0, 0.05) is 50.2 Å². The number of nitrogens with zero attached hydrogens (tertiary/aromatic N) is 2. The van der Waals surface area contributed by atoms with Gasteiger partial charge < -0.3 is 19.7 Å². The van der Waals surface area contributed by atoms with Crippen LogP contribution in [0.2, 0.25) is 0 Å². The van der Waals surface area contributed by atoms with Crippen LogP contribution in [0, 0.1) is 0 Å². The summed E-state index contributed by atoms with van der Waals surface area (Å²) in [4.78, 5) is 18.3. The number of carbonyl (C=O) groups excluding carboxylic acids is 1. The van der Waals surface area contributed by atoms with Gasteiger partial charge in [0.1, 0.15) is 5.75 Å². The lowest BCUT2D eigenvalue weighted by Crippen LogP contribution is -2.38. The number of hydrogen-bond acceptors (Lipinski definition) is 5. The number of benzene rings is 1. The molecule has 4 rings (SSSR count). The van der Waals surface area contributed by atoms with Crippen molar-refractivity contribution in [2.75, 3.05) is 32.1 Å². The number of anilines is 1. The number of rotatable bonds is 6. The number of likely N-dealkylation sites (N-methyl/N-ethyl adjacent to an activating group) is 1. The topological polar surface area (TPSA) is 63.7 Å². The van der Waals surface area contributed by atoms with Crippen molar-refractivity contribution in [2.24, 2.45) is 0 Å². The molecule has 2 unspecified atom stereocenters. The summed E-state index contributed by atoms with van der Waals surface area (Å²) in [5.74, 6) is 0.592. The van der Waals surface area contributed by atoms with E-state index in [9.17, 15) is 4.79 Å². The van der Waals surface area contributed by atoms with Crippen molar-refractivity contribution in [2.45, 2.75) is 50.5 Å². The van der Waals surface area contributed by atoms with Gasteiger partial charge in [0.15, 0.2) is 0 Å². The highest BCUT2D eigenvalue weighted by Crippen LogP contribution is 2.41. The van der Waals surface area contributed by atoms with Gasteiger partial charge in [0.2, 0.25) is 0 Å². The van der Waals surface area contributed by atoms with E-state index in [4.69, 9.17) is 9.47 Å². The third kappa shape index (κ3) is 4.75. The van der Waals surface area contributed by atoms with Gasteiger partial charge in [-0.1, -0.05) is 6.92 Å². The zero-order valence-electron chi connectivity index (χ0n) is 17.9. The third-order valence-electron chi connectivity index (χ3n) is 6.29. The quantitative estimate of drug-likeness (QED) is 0.766. The fourth-order valence-corrected chi connectivity index (χ4v) is 4.33. The Labute approximate surface area is 178 Å². The molecule has 6 nitrogen and oxygen atoms in total. The molecule has 0 spiro atoms. The van der Waals surface area contributed by atoms with Gasteiger partial charge >= 0.3 is 6.09 Å². The maximum atomic E-state index is 12.6. The zero-order chi connectivity index (χ0) is 21.0. The van der Waals surface area contributed by atoms with Crippen LogP contribution in [-0.2, 0) is 16.6 Å². The minimum absolute atomic E-state index is 0.0111. The molecule has 0 bridgehead atoms. The van der Waals surface area contributed by atoms with Crippen molar-refractivity contribution < 1.29 is 14.3 Å². The molecule has 2 aromatic rings. The number of carbonyl (C=O) groups is 1. The van der Waals surface area contributed by atoms with Crippen LogP contribution in [0.5, 0.6) is 5.75 Å². The first-order valence-corrected chi connectivity index (χ1v) is 10.9. The second-order valence-electron chi connectivity index (χ2n) is 8.71. The summed E-state index contributed by atoms with van der Waals surface area (Å²) in [5.41, 5.74) is 3.60. The summed E-state index contributed by atoms with van der Waals surface area (Å²) in [6.07, 6.45) is 8.69. The molecule has 1 amide bonds. The van der Waals surface area contributed by atoms with Gasteiger partial charge in [-0.2, -0.15) is 0 Å². The number of aryl methyl sites for hydroxylation is 1.